The van der Waals surface area contributed by atoms with E-state index in [1.165, 1.54) is 43.9 Å². The van der Waals surface area contributed by atoms with Crippen LogP contribution in [0, 0.1) is 23.0 Å². The first-order chi connectivity index (χ1) is 16.7. The third-order valence-electron chi connectivity index (χ3n) is 8.64. The van der Waals surface area contributed by atoms with E-state index >= 15 is 8.78 Å². The van der Waals surface area contributed by atoms with Crippen LogP contribution in [0.15, 0.2) is 42.5 Å². The summed E-state index contributed by atoms with van der Waals surface area (Å²) in [5.74, 6) is -1.66. The highest BCUT2D eigenvalue weighted by molar-refractivity contribution is 5.86. The minimum Gasteiger partial charge on any atom is -0.478 e. The number of fused-ring (bicyclic) bond motifs is 4. The lowest BCUT2D eigenvalue weighted by Crippen LogP contribution is -2.56. The molecule has 0 saturated heterocycles. The summed E-state index contributed by atoms with van der Waals surface area (Å²) in [6.07, 6.45) is 7.76. The smallest absolute Gasteiger partial charge is 0.328 e. The highest BCUT2D eigenvalue weighted by atomic mass is 19.1. The number of nitrogens with one attached hydrogen (secondary N) is 1. The maximum atomic E-state index is 15.8. The van der Waals surface area contributed by atoms with Gasteiger partial charge in [-0.1, -0.05) is 18.2 Å². The van der Waals surface area contributed by atoms with E-state index in [2.05, 4.69) is 29.8 Å². The summed E-state index contributed by atoms with van der Waals surface area (Å²) >= 11 is 0. The Kier molecular flexibility index (Phi) is 4.98. The molecule has 7 rings (SSSR count). The molecule has 3 aliphatic carbocycles. The van der Waals surface area contributed by atoms with Gasteiger partial charge in [-0.3, -0.25) is 4.90 Å². The molecular weight excluding hydrogens is 446 g/mol. The molecule has 2 aromatic carbocycles. The van der Waals surface area contributed by atoms with Gasteiger partial charge in [0.15, 0.2) is 0 Å². The van der Waals surface area contributed by atoms with Crippen molar-refractivity contribution in [3.63, 3.8) is 0 Å². The van der Waals surface area contributed by atoms with E-state index < -0.39 is 23.6 Å². The van der Waals surface area contributed by atoms with Gasteiger partial charge in [0.1, 0.15) is 11.6 Å². The fraction of sp³-hybridized carbons (Fsp3) is 0.414. The van der Waals surface area contributed by atoms with Gasteiger partial charge in [0, 0.05) is 40.3 Å². The fourth-order valence-electron chi connectivity index (χ4n) is 7.07. The molecule has 3 fully saturated rings. The number of carboxylic acid groups (broad SMARTS) is 1. The van der Waals surface area contributed by atoms with Crippen molar-refractivity contribution >= 4 is 22.9 Å². The molecule has 1 aromatic heterocycles. The van der Waals surface area contributed by atoms with Crippen molar-refractivity contribution in [1.82, 2.24) is 9.88 Å². The number of benzene rings is 2. The van der Waals surface area contributed by atoms with Gasteiger partial charge in [-0.25, -0.2) is 13.6 Å². The second-order valence-electron chi connectivity index (χ2n) is 11.5. The molecule has 0 spiro atoms. The van der Waals surface area contributed by atoms with E-state index in [0.29, 0.717) is 0 Å². The number of carboxylic acids is 1. The SMILES string of the molecule is CC1(C)Cc2c([nH]c3ccccc23)C(c2c(F)cc(/C=C/C(=O)O)cc2F)N1CC12CCC(C1)C2. The Labute approximate surface area is 203 Å². The van der Waals surface area contributed by atoms with Crippen molar-refractivity contribution in [3.05, 3.63) is 76.5 Å². The average Bonchev–Trinajstić information content (AvgIpc) is 3.46. The first-order valence-electron chi connectivity index (χ1n) is 12.4. The van der Waals surface area contributed by atoms with Gasteiger partial charge in [0.2, 0.25) is 0 Å². The number of hydrogen-bond donors (Lipinski definition) is 2. The lowest BCUT2D eigenvalue weighted by Gasteiger charge is -2.53. The van der Waals surface area contributed by atoms with Crippen LogP contribution in [0.4, 0.5) is 8.78 Å². The number of rotatable bonds is 5. The van der Waals surface area contributed by atoms with Crippen molar-refractivity contribution in [1.29, 1.82) is 0 Å². The van der Waals surface area contributed by atoms with Gasteiger partial charge < -0.3 is 10.1 Å². The number of aromatic amines is 1. The van der Waals surface area contributed by atoms with Gasteiger partial charge in [0.05, 0.1) is 6.04 Å². The second-order valence-corrected chi connectivity index (χ2v) is 11.5. The summed E-state index contributed by atoms with van der Waals surface area (Å²) in [5, 5.41) is 10.0. The lowest BCUT2D eigenvalue weighted by atomic mass is 9.68. The zero-order valence-corrected chi connectivity index (χ0v) is 20.1. The number of aliphatic carboxylic acids is 1. The van der Waals surface area contributed by atoms with Crippen LogP contribution in [-0.2, 0) is 11.2 Å². The number of carbonyl (C=O) groups is 1. The van der Waals surface area contributed by atoms with E-state index in [1.807, 2.05) is 18.2 Å². The van der Waals surface area contributed by atoms with Crippen LogP contribution in [0.3, 0.4) is 0 Å². The van der Waals surface area contributed by atoms with E-state index in [-0.39, 0.29) is 22.1 Å². The number of nitrogens with zero attached hydrogens (tertiary/aromatic N) is 1. The Morgan fingerprint density at radius 1 is 1.20 bits per heavy atom. The van der Waals surface area contributed by atoms with Crippen molar-refractivity contribution in [2.45, 2.75) is 57.5 Å². The van der Waals surface area contributed by atoms with Crippen LogP contribution < -0.4 is 0 Å². The molecule has 2 bridgehead atoms. The third kappa shape index (κ3) is 3.61. The number of halogens is 2. The lowest BCUT2D eigenvalue weighted by molar-refractivity contribution is -0.131. The van der Waals surface area contributed by atoms with Crippen molar-refractivity contribution < 1.29 is 18.7 Å². The van der Waals surface area contributed by atoms with Gasteiger partial charge in [0.25, 0.3) is 0 Å². The molecule has 35 heavy (non-hydrogen) atoms. The summed E-state index contributed by atoms with van der Waals surface area (Å²) in [5.41, 5.74) is 3.12. The van der Waals surface area contributed by atoms with E-state index in [9.17, 15) is 4.79 Å². The molecule has 2 N–H and O–H groups in total. The second kappa shape index (κ2) is 7.76. The largest absolute Gasteiger partial charge is 0.478 e. The predicted octanol–water partition coefficient (Wildman–Crippen LogP) is 6.46. The molecular formula is C29H30F2N2O2. The highest BCUT2D eigenvalue weighted by Gasteiger charge is 2.54. The molecule has 4 aliphatic rings. The van der Waals surface area contributed by atoms with E-state index in [4.69, 9.17) is 5.11 Å². The molecule has 1 unspecified atom stereocenters. The summed E-state index contributed by atoms with van der Waals surface area (Å²) in [6.45, 7) is 5.19. The number of aromatic nitrogens is 1. The maximum absolute atomic E-state index is 15.8. The van der Waals surface area contributed by atoms with Crippen LogP contribution in [0.5, 0.6) is 0 Å². The minimum absolute atomic E-state index is 0.0309. The van der Waals surface area contributed by atoms with Gasteiger partial charge in [-0.15, -0.1) is 0 Å². The fourth-order valence-corrected chi connectivity index (χ4v) is 7.07. The summed E-state index contributed by atoms with van der Waals surface area (Å²) in [4.78, 5) is 16.8. The molecule has 182 valence electrons. The van der Waals surface area contributed by atoms with Crippen LogP contribution in [0.1, 0.15) is 68.0 Å². The summed E-state index contributed by atoms with van der Waals surface area (Å²) < 4.78 is 31.5. The Balaban J connectivity index is 1.53. The molecule has 0 radical (unpaired) electrons. The molecule has 1 atom stereocenters. The topological polar surface area (TPSA) is 56.3 Å². The summed E-state index contributed by atoms with van der Waals surface area (Å²) in [7, 11) is 0. The van der Waals surface area contributed by atoms with Gasteiger partial charge in [-0.05, 0) is 92.7 Å². The number of H-pyrrole nitrogens is 1. The van der Waals surface area contributed by atoms with Crippen LogP contribution in [0.2, 0.25) is 0 Å². The zero-order chi connectivity index (χ0) is 24.5. The molecule has 4 nitrogen and oxygen atoms in total. The zero-order valence-electron chi connectivity index (χ0n) is 20.1. The molecule has 1 aliphatic heterocycles. The first kappa shape index (κ1) is 22.5. The van der Waals surface area contributed by atoms with Gasteiger partial charge >= 0.3 is 5.97 Å². The molecule has 6 heteroatoms. The standard InChI is InChI=1S/C29H30F2N2O2/c1-28(2)15-20-19-5-3-4-6-23(19)32-26(20)27(33(28)16-29-10-9-18(13-29)14-29)25-21(30)11-17(12-22(25)31)7-8-24(34)35/h3-8,11-12,18,27,32H,9-10,13-16H2,1-2H3,(H,34,35)/b8-7+. The summed E-state index contributed by atoms with van der Waals surface area (Å²) in [6, 6.07) is 9.96. The quantitative estimate of drug-likeness (QED) is 0.416. The van der Waals surface area contributed by atoms with E-state index in [1.54, 1.807) is 0 Å². The molecule has 2 heterocycles. The molecule has 3 saturated carbocycles. The van der Waals surface area contributed by atoms with Gasteiger partial charge in [-0.2, -0.15) is 0 Å². The average molecular weight is 477 g/mol. The minimum atomic E-state index is -1.16. The Morgan fingerprint density at radius 3 is 2.57 bits per heavy atom. The molecule has 0 amide bonds. The normalized spacial score (nSPS) is 27.3. The Morgan fingerprint density at radius 2 is 1.91 bits per heavy atom. The van der Waals surface area contributed by atoms with E-state index in [0.717, 1.165) is 47.1 Å². The van der Waals surface area contributed by atoms with Crippen molar-refractivity contribution in [2.75, 3.05) is 6.54 Å². The first-order valence-corrected chi connectivity index (χ1v) is 12.4. The van der Waals surface area contributed by atoms with Crippen LogP contribution in [-0.4, -0.2) is 33.0 Å². The maximum Gasteiger partial charge on any atom is 0.328 e. The number of hydrogen-bond acceptors (Lipinski definition) is 2. The van der Waals surface area contributed by atoms with Crippen LogP contribution in [0.25, 0.3) is 17.0 Å². The molecule has 3 aromatic rings. The highest BCUT2D eigenvalue weighted by Crippen LogP contribution is 2.60. The Bertz CT molecular complexity index is 1340. The van der Waals surface area contributed by atoms with Crippen molar-refractivity contribution in [3.8, 4) is 0 Å². The van der Waals surface area contributed by atoms with Crippen LogP contribution >= 0.6 is 0 Å². The predicted molar refractivity (Wildman–Crippen MR) is 132 cm³/mol. The monoisotopic (exact) mass is 476 g/mol. The number of para-hydroxylation sites is 1. The van der Waals surface area contributed by atoms with Crippen molar-refractivity contribution in [2.24, 2.45) is 11.3 Å². The third-order valence-corrected chi connectivity index (χ3v) is 8.64. The Hall–Kier alpha value is -2.99.